The van der Waals surface area contributed by atoms with E-state index in [-0.39, 0.29) is 6.03 Å². The first kappa shape index (κ1) is 21.9. The molecule has 0 atom stereocenters. The smallest absolute Gasteiger partial charge is 0.319 e. The third-order valence-electron chi connectivity index (χ3n) is 4.17. The highest BCUT2D eigenvalue weighted by Crippen LogP contribution is 2.11. The van der Waals surface area contributed by atoms with E-state index in [1.807, 2.05) is 0 Å². The molecule has 0 saturated heterocycles. The van der Waals surface area contributed by atoms with Crippen molar-refractivity contribution >= 4 is 17.7 Å². The summed E-state index contributed by atoms with van der Waals surface area (Å²) in [5, 5.41) is 14.1. The lowest BCUT2D eigenvalue weighted by atomic mass is 10.1. The number of unbranched alkanes of at least 4 members (excludes halogenated alkanes) is 10. The molecule has 0 spiro atoms. The van der Waals surface area contributed by atoms with E-state index < -0.39 is 5.97 Å². The normalized spacial score (nSPS) is 10.5. The summed E-state index contributed by atoms with van der Waals surface area (Å²) < 4.78 is 0. The number of hydrogen-bond donors (Lipinski definition) is 3. The summed E-state index contributed by atoms with van der Waals surface area (Å²) in [6.07, 6.45) is 17.4. The van der Waals surface area contributed by atoms with Crippen LogP contribution in [0.25, 0.3) is 0 Å². The van der Waals surface area contributed by atoms with Gasteiger partial charge in [-0.15, -0.1) is 0 Å². The number of nitrogens with one attached hydrogen (secondary N) is 2. The van der Waals surface area contributed by atoms with Gasteiger partial charge in [-0.05, 0) is 12.8 Å². The third kappa shape index (κ3) is 13.1. The maximum absolute atomic E-state index is 11.6. The van der Waals surface area contributed by atoms with Crippen molar-refractivity contribution in [3.8, 4) is 0 Å². The number of aromatic nitrogens is 2. The molecule has 0 aromatic carbocycles. The molecule has 0 saturated carbocycles. The van der Waals surface area contributed by atoms with Crippen LogP contribution in [0.15, 0.2) is 18.7 Å². The predicted molar refractivity (Wildman–Crippen MR) is 102 cm³/mol. The largest absolute Gasteiger partial charge is 0.481 e. The summed E-state index contributed by atoms with van der Waals surface area (Å²) in [5.41, 5.74) is 0.590. The fourth-order valence-electron chi connectivity index (χ4n) is 2.73. The zero-order valence-electron chi connectivity index (χ0n) is 15.6. The van der Waals surface area contributed by atoms with Gasteiger partial charge in [0.15, 0.2) is 0 Å². The Kier molecular flexibility index (Phi) is 12.7. The molecule has 0 bridgehead atoms. The summed E-state index contributed by atoms with van der Waals surface area (Å²) in [5.74, 6) is -0.688. The monoisotopic (exact) mass is 364 g/mol. The van der Waals surface area contributed by atoms with Crippen molar-refractivity contribution in [1.29, 1.82) is 0 Å². The van der Waals surface area contributed by atoms with Crippen LogP contribution in [0, 0.1) is 0 Å². The van der Waals surface area contributed by atoms with E-state index in [1.165, 1.54) is 44.9 Å². The molecule has 7 heteroatoms. The lowest BCUT2D eigenvalue weighted by molar-refractivity contribution is -0.137. The molecule has 7 nitrogen and oxygen atoms in total. The van der Waals surface area contributed by atoms with Crippen LogP contribution in [0.3, 0.4) is 0 Å². The summed E-state index contributed by atoms with van der Waals surface area (Å²) in [7, 11) is 0. The van der Waals surface area contributed by atoms with Crippen LogP contribution in [0.5, 0.6) is 0 Å². The van der Waals surface area contributed by atoms with Crippen molar-refractivity contribution in [3.63, 3.8) is 0 Å². The number of urea groups is 1. The fraction of sp³-hybridized carbons (Fsp3) is 0.684. The van der Waals surface area contributed by atoms with Gasteiger partial charge in [-0.3, -0.25) is 4.79 Å². The van der Waals surface area contributed by atoms with E-state index in [9.17, 15) is 9.59 Å². The van der Waals surface area contributed by atoms with Crippen LogP contribution in [-0.4, -0.2) is 33.6 Å². The lowest BCUT2D eigenvalue weighted by Crippen LogP contribution is -2.29. The van der Waals surface area contributed by atoms with Gasteiger partial charge in [0.25, 0.3) is 0 Å². The molecule has 1 aromatic rings. The van der Waals surface area contributed by atoms with Gasteiger partial charge < -0.3 is 15.7 Å². The average Bonchev–Trinajstić information content (AvgIpc) is 2.62. The summed E-state index contributed by atoms with van der Waals surface area (Å²) in [6.45, 7) is 0.676. The molecule has 0 radical (unpaired) electrons. The maximum atomic E-state index is 11.6. The molecule has 0 unspecified atom stereocenters. The van der Waals surface area contributed by atoms with Crippen LogP contribution < -0.4 is 10.6 Å². The SMILES string of the molecule is O=C(O)CCCCCCCCCCCCCNC(=O)Nc1cncnc1. The van der Waals surface area contributed by atoms with Crippen LogP contribution >= 0.6 is 0 Å². The molecule has 1 rings (SSSR count). The molecule has 2 amide bonds. The van der Waals surface area contributed by atoms with Crippen molar-refractivity contribution in [2.24, 2.45) is 0 Å². The van der Waals surface area contributed by atoms with Gasteiger partial charge in [0, 0.05) is 13.0 Å². The van der Waals surface area contributed by atoms with Crippen molar-refractivity contribution in [3.05, 3.63) is 18.7 Å². The number of nitrogens with zero attached hydrogens (tertiary/aromatic N) is 2. The number of carboxylic acid groups (broad SMARTS) is 1. The maximum Gasteiger partial charge on any atom is 0.319 e. The highest BCUT2D eigenvalue weighted by atomic mass is 16.4. The van der Waals surface area contributed by atoms with E-state index in [4.69, 9.17) is 5.11 Å². The molecule has 3 N–H and O–H groups in total. The second-order valence-corrected chi connectivity index (χ2v) is 6.54. The highest BCUT2D eigenvalue weighted by Gasteiger charge is 2.01. The molecule has 26 heavy (non-hydrogen) atoms. The number of aliphatic carboxylic acids is 1. The number of carboxylic acids is 1. The Morgan fingerprint density at radius 3 is 1.85 bits per heavy atom. The minimum absolute atomic E-state index is 0.219. The summed E-state index contributed by atoms with van der Waals surface area (Å²) >= 11 is 0. The number of rotatable bonds is 15. The Hall–Kier alpha value is -2.18. The van der Waals surface area contributed by atoms with Gasteiger partial charge in [0.1, 0.15) is 6.33 Å². The number of carbonyl (C=O) groups excluding carboxylic acids is 1. The lowest BCUT2D eigenvalue weighted by Gasteiger charge is -2.07. The van der Waals surface area contributed by atoms with Gasteiger partial charge in [-0.1, -0.05) is 57.8 Å². The van der Waals surface area contributed by atoms with Crippen molar-refractivity contribution in [1.82, 2.24) is 15.3 Å². The van der Waals surface area contributed by atoms with Crippen molar-refractivity contribution in [2.75, 3.05) is 11.9 Å². The first-order valence-corrected chi connectivity index (χ1v) is 9.70. The quantitative estimate of drug-likeness (QED) is 0.401. The summed E-state index contributed by atoms with van der Waals surface area (Å²) in [6, 6.07) is -0.219. The fourth-order valence-corrected chi connectivity index (χ4v) is 2.73. The third-order valence-corrected chi connectivity index (χ3v) is 4.17. The van der Waals surface area contributed by atoms with Crippen molar-refractivity contribution in [2.45, 2.75) is 77.0 Å². The molecule has 0 aliphatic rings. The van der Waals surface area contributed by atoms with Gasteiger partial charge in [-0.2, -0.15) is 0 Å². The van der Waals surface area contributed by atoms with Crippen LogP contribution in [0.1, 0.15) is 77.0 Å². The first-order chi connectivity index (χ1) is 12.7. The Balaban J connectivity index is 1.79. The first-order valence-electron chi connectivity index (χ1n) is 9.70. The minimum Gasteiger partial charge on any atom is -0.481 e. The second-order valence-electron chi connectivity index (χ2n) is 6.54. The number of hydrogen-bond acceptors (Lipinski definition) is 4. The highest BCUT2D eigenvalue weighted by molar-refractivity contribution is 5.88. The predicted octanol–water partition coefficient (Wildman–Crippen LogP) is 4.36. The van der Waals surface area contributed by atoms with E-state index in [0.29, 0.717) is 18.7 Å². The van der Waals surface area contributed by atoms with Crippen LogP contribution in [0.2, 0.25) is 0 Å². The van der Waals surface area contributed by atoms with Crippen LogP contribution in [-0.2, 0) is 4.79 Å². The number of carbonyl (C=O) groups is 2. The Bertz CT molecular complexity index is 497. The zero-order chi connectivity index (χ0) is 18.9. The zero-order valence-corrected chi connectivity index (χ0v) is 15.6. The van der Waals surface area contributed by atoms with Gasteiger partial charge in [-0.25, -0.2) is 14.8 Å². The standard InChI is InChI=1S/C19H32N4O3/c24-18(25)12-10-8-6-4-2-1-3-5-7-9-11-13-22-19(26)23-17-14-20-16-21-15-17/h14-16H,1-13H2,(H,24,25)(H2,22,23,26). The van der Waals surface area contributed by atoms with Crippen LogP contribution in [0.4, 0.5) is 10.5 Å². The molecule has 1 aromatic heterocycles. The summed E-state index contributed by atoms with van der Waals surface area (Å²) in [4.78, 5) is 29.7. The minimum atomic E-state index is -0.688. The van der Waals surface area contributed by atoms with E-state index in [0.717, 1.165) is 32.1 Å². The molecule has 0 aliphatic heterocycles. The topological polar surface area (TPSA) is 104 Å². The van der Waals surface area contributed by atoms with E-state index in [2.05, 4.69) is 20.6 Å². The second kappa shape index (κ2) is 15.1. The molecule has 0 aliphatic carbocycles. The number of anilines is 1. The molecule has 146 valence electrons. The molecule has 0 fully saturated rings. The average molecular weight is 364 g/mol. The van der Waals surface area contributed by atoms with E-state index >= 15 is 0 Å². The molecular formula is C19H32N4O3. The Morgan fingerprint density at radius 2 is 1.31 bits per heavy atom. The molecule has 1 heterocycles. The molecular weight excluding hydrogens is 332 g/mol. The van der Waals surface area contributed by atoms with Gasteiger partial charge in [0.2, 0.25) is 0 Å². The van der Waals surface area contributed by atoms with Crippen molar-refractivity contribution < 1.29 is 14.7 Å². The van der Waals surface area contributed by atoms with Gasteiger partial charge >= 0.3 is 12.0 Å². The van der Waals surface area contributed by atoms with Gasteiger partial charge in [0.05, 0.1) is 18.1 Å². The van der Waals surface area contributed by atoms with E-state index in [1.54, 1.807) is 12.4 Å². The Morgan fingerprint density at radius 1 is 0.808 bits per heavy atom. The number of amides is 2. The Labute approximate surface area is 156 Å².